The monoisotopic (exact) mass is 369 g/mol. The summed E-state index contributed by atoms with van der Waals surface area (Å²) in [5.41, 5.74) is 4.90. The van der Waals surface area contributed by atoms with Crippen molar-refractivity contribution in [2.45, 2.75) is 6.92 Å². The lowest BCUT2D eigenvalue weighted by Crippen LogP contribution is -2.12. The molecule has 1 amide bonds. The largest absolute Gasteiger partial charge is 0.443 e. The first-order chi connectivity index (χ1) is 13.7. The van der Waals surface area contributed by atoms with Crippen molar-refractivity contribution in [3.8, 4) is 5.69 Å². The van der Waals surface area contributed by atoms with Gasteiger partial charge in [0.1, 0.15) is 5.52 Å². The van der Waals surface area contributed by atoms with Crippen LogP contribution >= 0.6 is 0 Å². The van der Waals surface area contributed by atoms with Gasteiger partial charge in [-0.1, -0.05) is 18.2 Å². The molecule has 7 heteroatoms. The van der Waals surface area contributed by atoms with Gasteiger partial charge in [0.2, 0.25) is 0 Å². The maximum absolute atomic E-state index is 12.6. The number of fused-ring (bicyclic) bond motifs is 2. The van der Waals surface area contributed by atoms with E-state index in [9.17, 15) is 4.79 Å². The van der Waals surface area contributed by atoms with Crippen LogP contribution in [0.1, 0.15) is 16.1 Å². The number of carbonyl (C=O) groups is 1. The molecule has 0 aliphatic rings. The first-order valence-electron chi connectivity index (χ1n) is 8.74. The first-order valence-corrected chi connectivity index (χ1v) is 8.74. The second kappa shape index (κ2) is 6.31. The average molecular weight is 369 g/mol. The number of anilines is 1. The summed E-state index contributed by atoms with van der Waals surface area (Å²) in [4.78, 5) is 21.2. The molecule has 0 saturated heterocycles. The topological polar surface area (TPSA) is 85.8 Å². The second-order valence-corrected chi connectivity index (χ2v) is 6.42. The summed E-state index contributed by atoms with van der Waals surface area (Å²) in [5, 5.41) is 8.36. The van der Waals surface area contributed by atoms with E-state index in [1.54, 1.807) is 29.1 Å². The molecule has 2 aromatic carbocycles. The van der Waals surface area contributed by atoms with Gasteiger partial charge in [0.15, 0.2) is 17.6 Å². The molecule has 3 aromatic heterocycles. The first kappa shape index (κ1) is 16.2. The van der Waals surface area contributed by atoms with E-state index in [4.69, 9.17) is 4.42 Å². The van der Waals surface area contributed by atoms with Crippen molar-refractivity contribution in [3.63, 3.8) is 0 Å². The lowest BCUT2D eigenvalue weighted by atomic mass is 10.2. The van der Waals surface area contributed by atoms with Crippen LogP contribution in [0, 0.1) is 6.92 Å². The summed E-state index contributed by atoms with van der Waals surface area (Å²) in [6.45, 7) is 1.92. The number of aromatic nitrogens is 4. The van der Waals surface area contributed by atoms with Gasteiger partial charge < -0.3 is 9.73 Å². The molecule has 0 aliphatic carbocycles. The molecule has 136 valence electrons. The molecule has 1 N–H and O–H groups in total. The van der Waals surface area contributed by atoms with Crippen LogP contribution in [-0.2, 0) is 0 Å². The highest BCUT2D eigenvalue weighted by molar-refractivity contribution is 6.06. The third-order valence-electron chi connectivity index (χ3n) is 4.56. The highest BCUT2D eigenvalue weighted by Gasteiger charge is 2.13. The van der Waals surface area contributed by atoms with E-state index in [2.05, 4.69) is 20.4 Å². The Kier molecular flexibility index (Phi) is 3.65. The number of nitrogens with one attached hydrogen (secondary N) is 1. The van der Waals surface area contributed by atoms with E-state index in [-0.39, 0.29) is 5.91 Å². The number of hydrogen-bond acceptors (Lipinski definition) is 5. The van der Waals surface area contributed by atoms with Gasteiger partial charge >= 0.3 is 0 Å². The lowest BCUT2D eigenvalue weighted by molar-refractivity contribution is 0.102. The van der Waals surface area contributed by atoms with Crippen LogP contribution in [-0.4, -0.2) is 25.7 Å². The van der Waals surface area contributed by atoms with Gasteiger partial charge in [-0.25, -0.2) is 14.6 Å². The Morgan fingerprint density at radius 1 is 1.07 bits per heavy atom. The van der Waals surface area contributed by atoms with Gasteiger partial charge in [0, 0.05) is 10.9 Å². The van der Waals surface area contributed by atoms with E-state index in [1.165, 1.54) is 6.39 Å². The minimum absolute atomic E-state index is 0.237. The highest BCUT2D eigenvalue weighted by atomic mass is 16.3. The van der Waals surface area contributed by atoms with Crippen LogP contribution in [0.25, 0.3) is 27.8 Å². The molecular weight excluding hydrogens is 354 g/mol. The Balaban J connectivity index is 1.48. The number of rotatable bonds is 3. The zero-order chi connectivity index (χ0) is 19.1. The fourth-order valence-electron chi connectivity index (χ4n) is 3.16. The third kappa shape index (κ3) is 2.69. The molecule has 5 aromatic rings. The van der Waals surface area contributed by atoms with Gasteiger partial charge in [-0.15, -0.1) is 0 Å². The second-order valence-electron chi connectivity index (χ2n) is 6.42. The Hall–Kier alpha value is -4.00. The number of amides is 1. The zero-order valence-corrected chi connectivity index (χ0v) is 15.0. The van der Waals surface area contributed by atoms with E-state index in [1.807, 2.05) is 43.3 Å². The lowest BCUT2D eigenvalue weighted by Gasteiger charge is -2.06. The fourth-order valence-corrected chi connectivity index (χ4v) is 3.16. The van der Waals surface area contributed by atoms with Crippen molar-refractivity contribution in [3.05, 3.63) is 78.4 Å². The number of carbonyl (C=O) groups excluding carboxylic acids is 1. The van der Waals surface area contributed by atoms with Gasteiger partial charge in [0.25, 0.3) is 5.91 Å². The van der Waals surface area contributed by atoms with E-state index >= 15 is 0 Å². The number of aryl methyl sites for hydroxylation is 1. The van der Waals surface area contributed by atoms with Gasteiger partial charge in [0.05, 0.1) is 23.3 Å². The van der Waals surface area contributed by atoms with Crippen LogP contribution in [0.5, 0.6) is 0 Å². The average Bonchev–Trinajstić information content (AvgIpc) is 3.32. The molecule has 28 heavy (non-hydrogen) atoms. The molecule has 0 unspecified atom stereocenters. The highest BCUT2D eigenvalue weighted by Crippen LogP contribution is 2.23. The molecule has 0 saturated carbocycles. The van der Waals surface area contributed by atoms with Gasteiger partial charge in [-0.2, -0.15) is 5.10 Å². The third-order valence-corrected chi connectivity index (χ3v) is 4.56. The van der Waals surface area contributed by atoms with Crippen molar-refractivity contribution in [2.24, 2.45) is 0 Å². The van der Waals surface area contributed by atoms with Crippen LogP contribution in [0.15, 0.2) is 71.6 Å². The summed E-state index contributed by atoms with van der Waals surface area (Å²) in [7, 11) is 0. The van der Waals surface area contributed by atoms with Crippen LogP contribution < -0.4 is 5.32 Å². The number of nitrogens with zero attached hydrogens (tertiary/aromatic N) is 4. The molecule has 0 radical (unpaired) electrons. The molecule has 0 fully saturated rings. The SMILES string of the molecule is Cc1nn(-c2ccccc2)c2ncc(NC(=O)c3ccc4ocnc4c3)cc12. The maximum Gasteiger partial charge on any atom is 0.255 e. The molecule has 5 rings (SSSR count). The standard InChI is InChI=1S/C21H15N5O2/c1-13-17-10-15(11-22-20(17)26(25-13)16-5-3-2-4-6-16)24-21(27)14-7-8-19-18(9-14)23-12-28-19/h2-12H,1H3,(H,24,27). The van der Waals surface area contributed by atoms with Crippen LogP contribution in [0.2, 0.25) is 0 Å². The van der Waals surface area contributed by atoms with E-state index in [0.717, 1.165) is 22.4 Å². The molecule has 0 atom stereocenters. The predicted molar refractivity (Wildman–Crippen MR) is 106 cm³/mol. The summed E-state index contributed by atoms with van der Waals surface area (Å²) in [6, 6.07) is 16.8. The molecule has 0 bridgehead atoms. The van der Waals surface area contributed by atoms with Gasteiger partial charge in [-0.3, -0.25) is 4.79 Å². The minimum Gasteiger partial charge on any atom is -0.443 e. The van der Waals surface area contributed by atoms with E-state index < -0.39 is 0 Å². The van der Waals surface area contributed by atoms with Crippen molar-refractivity contribution >= 4 is 33.7 Å². The van der Waals surface area contributed by atoms with Gasteiger partial charge in [-0.05, 0) is 43.3 Å². The summed E-state index contributed by atoms with van der Waals surface area (Å²) in [5.74, 6) is -0.237. The molecule has 0 aliphatic heterocycles. The number of hydrogen-bond donors (Lipinski definition) is 1. The molecule has 0 spiro atoms. The molecular formula is C21H15N5O2. The van der Waals surface area contributed by atoms with Crippen molar-refractivity contribution in [2.75, 3.05) is 5.32 Å². The van der Waals surface area contributed by atoms with Crippen LogP contribution in [0.3, 0.4) is 0 Å². The quantitative estimate of drug-likeness (QED) is 0.517. The number of para-hydroxylation sites is 1. The number of oxazole rings is 1. The normalized spacial score (nSPS) is 11.2. The Bertz CT molecular complexity index is 1320. The maximum atomic E-state index is 12.6. The predicted octanol–water partition coefficient (Wildman–Crippen LogP) is 4.12. The number of pyridine rings is 1. The van der Waals surface area contributed by atoms with E-state index in [0.29, 0.717) is 22.4 Å². The Morgan fingerprint density at radius 3 is 2.79 bits per heavy atom. The zero-order valence-electron chi connectivity index (χ0n) is 15.0. The smallest absolute Gasteiger partial charge is 0.255 e. The summed E-state index contributed by atoms with van der Waals surface area (Å²) < 4.78 is 7.01. The Labute approximate surface area is 159 Å². The molecule has 7 nitrogen and oxygen atoms in total. The molecule has 3 heterocycles. The summed E-state index contributed by atoms with van der Waals surface area (Å²) in [6.07, 6.45) is 2.99. The Morgan fingerprint density at radius 2 is 1.93 bits per heavy atom. The van der Waals surface area contributed by atoms with Crippen LogP contribution in [0.4, 0.5) is 5.69 Å². The minimum atomic E-state index is -0.237. The summed E-state index contributed by atoms with van der Waals surface area (Å²) >= 11 is 0. The van der Waals surface area contributed by atoms with Crippen molar-refractivity contribution in [1.29, 1.82) is 0 Å². The fraction of sp³-hybridized carbons (Fsp3) is 0.0476. The number of benzene rings is 2. The van der Waals surface area contributed by atoms with Crippen molar-refractivity contribution in [1.82, 2.24) is 19.7 Å². The van der Waals surface area contributed by atoms with Crippen molar-refractivity contribution < 1.29 is 9.21 Å².